The summed E-state index contributed by atoms with van der Waals surface area (Å²) in [5.41, 5.74) is 5.83. The Kier molecular flexibility index (Phi) is 6.99. The van der Waals surface area contributed by atoms with Crippen LogP contribution in [0.25, 0.3) is 0 Å². The fourth-order valence-electron chi connectivity index (χ4n) is 3.17. The zero-order chi connectivity index (χ0) is 18.4. The summed E-state index contributed by atoms with van der Waals surface area (Å²) in [7, 11) is 1.40. The fraction of sp³-hybridized carbons (Fsp3) is 0.556. The third kappa shape index (κ3) is 5.56. The Labute approximate surface area is 153 Å². The molecular weight excluding hydrogens is 341 g/mol. The number of nitrogens with one attached hydrogen (secondary N) is 3. The van der Waals surface area contributed by atoms with Crippen LogP contribution in [-0.2, 0) is 11.2 Å². The van der Waals surface area contributed by atoms with Gasteiger partial charge in [-0.2, -0.15) is 0 Å². The lowest BCUT2D eigenvalue weighted by atomic mass is 9.78. The molecule has 7 heteroatoms. The predicted molar refractivity (Wildman–Crippen MR) is 99.6 cm³/mol. The minimum Gasteiger partial charge on any atom is -0.494 e. The Morgan fingerprint density at radius 1 is 1.32 bits per heavy atom. The van der Waals surface area contributed by atoms with Crippen molar-refractivity contribution in [2.75, 3.05) is 7.11 Å². The number of ether oxygens (including phenoxy) is 1. The van der Waals surface area contributed by atoms with Crippen LogP contribution in [0.3, 0.4) is 0 Å². The Bertz CT molecular complexity index is 626. The van der Waals surface area contributed by atoms with Crippen molar-refractivity contribution in [2.24, 2.45) is 11.8 Å². The number of rotatable bonds is 4. The van der Waals surface area contributed by atoms with Crippen LogP contribution < -0.4 is 20.9 Å². The molecule has 3 N–H and O–H groups in total. The average Bonchev–Trinajstić information content (AvgIpc) is 2.57. The van der Waals surface area contributed by atoms with Gasteiger partial charge < -0.3 is 10.1 Å². The van der Waals surface area contributed by atoms with Crippen molar-refractivity contribution < 1.29 is 13.9 Å². The van der Waals surface area contributed by atoms with Crippen LogP contribution in [0.1, 0.15) is 38.7 Å². The topological polar surface area (TPSA) is 62.4 Å². The summed E-state index contributed by atoms with van der Waals surface area (Å²) < 4.78 is 18.5. The number of thiocarbonyl (C=S) groups is 1. The first-order chi connectivity index (χ1) is 11.9. The van der Waals surface area contributed by atoms with Gasteiger partial charge in [0.1, 0.15) is 0 Å². The Morgan fingerprint density at radius 3 is 2.76 bits per heavy atom. The van der Waals surface area contributed by atoms with Crippen LogP contribution in [0.5, 0.6) is 5.75 Å². The smallest absolute Gasteiger partial charge is 0.242 e. The maximum atomic E-state index is 13.6. The molecule has 1 amide bonds. The molecule has 0 aliphatic heterocycles. The molecule has 1 aromatic carbocycles. The molecule has 0 radical (unpaired) electrons. The minimum atomic E-state index is -0.488. The van der Waals surface area contributed by atoms with E-state index < -0.39 is 5.82 Å². The number of hydrazine groups is 1. The van der Waals surface area contributed by atoms with Gasteiger partial charge in [0.2, 0.25) is 5.91 Å². The molecule has 5 nitrogen and oxygen atoms in total. The van der Waals surface area contributed by atoms with Crippen molar-refractivity contribution in [3.63, 3.8) is 0 Å². The van der Waals surface area contributed by atoms with Gasteiger partial charge in [-0.15, -0.1) is 0 Å². The maximum Gasteiger partial charge on any atom is 0.242 e. The van der Waals surface area contributed by atoms with E-state index in [2.05, 4.69) is 30.0 Å². The Hall–Kier alpha value is -1.89. The molecule has 0 heterocycles. The normalized spacial score (nSPS) is 22.8. The highest BCUT2D eigenvalue weighted by molar-refractivity contribution is 7.80. The number of hydrogen-bond acceptors (Lipinski definition) is 3. The third-order valence-electron chi connectivity index (χ3n) is 4.92. The number of halogens is 1. The van der Waals surface area contributed by atoms with E-state index >= 15 is 0 Å². The lowest BCUT2D eigenvalue weighted by Gasteiger charge is -2.35. The van der Waals surface area contributed by atoms with Gasteiger partial charge in [-0.1, -0.05) is 32.8 Å². The van der Waals surface area contributed by atoms with E-state index in [9.17, 15) is 9.18 Å². The van der Waals surface area contributed by atoms with E-state index in [1.165, 1.54) is 32.1 Å². The van der Waals surface area contributed by atoms with E-state index in [1.807, 2.05) is 0 Å². The van der Waals surface area contributed by atoms with Crippen LogP contribution >= 0.6 is 12.2 Å². The number of amides is 1. The van der Waals surface area contributed by atoms with Crippen LogP contribution in [-0.4, -0.2) is 24.2 Å². The molecule has 0 spiro atoms. The largest absolute Gasteiger partial charge is 0.494 e. The van der Waals surface area contributed by atoms with Crippen LogP contribution in [0.15, 0.2) is 18.2 Å². The van der Waals surface area contributed by atoms with Gasteiger partial charge in [0.15, 0.2) is 16.7 Å². The minimum absolute atomic E-state index is 0.0490. The lowest BCUT2D eigenvalue weighted by Crippen LogP contribution is -2.52. The van der Waals surface area contributed by atoms with Gasteiger partial charge in [0.05, 0.1) is 13.5 Å². The van der Waals surface area contributed by atoms with Crippen molar-refractivity contribution in [2.45, 2.75) is 45.6 Å². The van der Waals surface area contributed by atoms with Crippen LogP contribution in [0.4, 0.5) is 4.39 Å². The average molecular weight is 367 g/mol. The molecule has 1 aromatic rings. The van der Waals surface area contributed by atoms with E-state index in [0.29, 0.717) is 28.6 Å². The summed E-state index contributed by atoms with van der Waals surface area (Å²) in [5, 5.41) is 3.67. The molecule has 0 saturated heterocycles. The highest BCUT2D eigenvalue weighted by Gasteiger charge is 2.27. The molecule has 0 bridgehead atoms. The highest BCUT2D eigenvalue weighted by atomic mass is 32.1. The van der Waals surface area contributed by atoms with Crippen LogP contribution in [0.2, 0.25) is 0 Å². The molecule has 1 saturated carbocycles. The summed E-state index contributed by atoms with van der Waals surface area (Å²) in [4.78, 5) is 12.0. The van der Waals surface area contributed by atoms with Crippen molar-refractivity contribution in [3.8, 4) is 5.75 Å². The summed E-state index contributed by atoms with van der Waals surface area (Å²) in [5.74, 6) is 0.570. The van der Waals surface area contributed by atoms with Crippen molar-refractivity contribution in [1.82, 2.24) is 16.2 Å². The van der Waals surface area contributed by atoms with E-state index in [0.717, 1.165) is 6.42 Å². The van der Waals surface area contributed by atoms with Gasteiger partial charge in [-0.25, -0.2) is 4.39 Å². The van der Waals surface area contributed by atoms with Crippen molar-refractivity contribution in [1.29, 1.82) is 0 Å². The quantitative estimate of drug-likeness (QED) is 0.564. The molecule has 1 aliphatic rings. The van der Waals surface area contributed by atoms with E-state index in [1.54, 1.807) is 6.07 Å². The highest BCUT2D eigenvalue weighted by Crippen LogP contribution is 2.29. The van der Waals surface area contributed by atoms with Gasteiger partial charge in [-0.05, 0) is 48.2 Å². The summed E-state index contributed by atoms with van der Waals surface area (Å²) in [6.07, 6.45) is 3.55. The summed E-state index contributed by atoms with van der Waals surface area (Å²) >= 11 is 5.25. The third-order valence-corrected chi connectivity index (χ3v) is 5.14. The van der Waals surface area contributed by atoms with Gasteiger partial charge in [0.25, 0.3) is 0 Å². The van der Waals surface area contributed by atoms with Gasteiger partial charge in [0, 0.05) is 6.04 Å². The van der Waals surface area contributed by atoms with Crippen molar-refractivity contribution >= 4 is 23.2 Å². The zero-order valence-electron chi connectivity index (χ0n) is 14.9. The fourth-order valence-corrected chi connectivity index (χ4v) is 3.37. The van der Waals surface area contributed by atoms with Gasteiger partial charge >= 0.3 is 0 Å². The molecule has 0 aromatic heterocycles. The zero-order valence-corrected chi connectivity index (χ0v) is 15.7. The summed E-state index contributed by atoms with van der Waals surface area (Å²) in [6, 6.07) is 4.77. The number of carbonyl (C=O) groups is 1. The second kappa shape index (κ2) is 8.99. The molecule has 0 unspecified atom stereocenters. The molecule has 138 valence electrons. The standard InChI is InChI=1S/C18H26FN3O2S/c1-11-5-4-6-15(12(11)2)20-18(25)22-21-17(23)10-13-7-8-16(24-3)14(19)9-13/h7-9,11-12,15H,4-6,10H2,1-3H3,(H,21,23)(H2,20,22,25)/t11-,12+,15-/m0/s1. The van der Waals surface area contributed by atoms with E-state index in [-0.39, 0.29) is 18.1 Å². The van der Waals surface area contributed by atoms with Crippen LogP contribution in [0, 0.1) is 17.7 Å². The second-order valence-corrected chi connectivity index (χ2v) is 7.07. The lowest BCUT2D eigenvalue weighted by molar-refractivity contribution is -0.121. The number of hydrogen-bond donors (Lipinski definition) is 3. The van der Waals surface area contributed by atoms with Crippen molar-refractivity contribution in [3.05, 3.63) is 29.6 Å². The number of carbonyl (C=O) groups excluding carboxylic acids is 1. The molecular formula is C18H26FN3O2S. The predicted octanol–water partition coefficient (Wildman–Crippen LogP) is 2.70. The van der Waals surface area contributed by atoms with E-state index in [4.69, 9.17) is 17.0 Å². The molecule has 25 heavy (non-hydrogen) atoms. The second-order valence-electron chi connectivity index (χ2n) is 6.67. The Morgan fingerprint density at radius 2 is 2.08 bits per heavy atom. The molecule has 3 atom stereocenters. The first-order valence-corrected chi connectivity index (χ1v) is 8.99. The monoisotopic (exact) mass is 367 g/mol. The molecule has 1 fully saturated rings. The number of benzene rings is 1. The SMILES string of the molecule is COc1ccc(CC(=O)NNC(=S)N[C@H]2CCC[C@H](C)[C@H]2C)cc1F. The first-order valence-electron chi connectivity index (χ1n) is 8.58. The molecule has 1 aliphatic carbocycles. The number of methoxy groups -OCH3 is 1. The first kappa shape index (κ1) is 19.4. The molecule has 2 rings (SSSR count). The Balaban J connectivity index is 1.77. The maximum absolute atomic E-state index is 13.6. The van der Waals surface area contributed by atoms with Gasteiger partial charge in [-0.3, -0.25) is 15.6 Å². The summed E-state index contributed by atoms with van der Waals surface area (Å²) in [6.45, 7) is 4.48.